The number of anilines is 2. The van der Waals surface area contributed by atoms with Gasteiger partial charge in [-0.3, -0.25) is 4.79 Å². The van der Waals surface area contributed by atoms with Crippen LogP contribution in [0.4, 0.5) is 24.5 Å². The summed E-state index contributed by atoms with van der Waals surface area (Å²) < 4.78 is 40.1. The van der Waals surface area contributed by atoms with Crippen LogP contribution in [0.15, 0.2) is 36.4 Å². The van der Waals surface area contributed by atoms with Crippen molar-refractivity contribution >= 4 is 50.4 Å². The van der Waals surface area contributed by atoms with E-state index in [1.165, 1.54) is 17.4 Å². The highest BCUT2D eigenvalue weighted by Crippen LogP contribution is 2.36. The van der Waals surface area contributed by atoms with E-state index < -0.39 is 17.6 Å². The molecule has 0 bridgehead atoms. The predicted molar refractivity (Wildman–Crippen MR) is 97.9 cm³/mol. The molecule has 0 atom stereocenters. The van der Waals surface area contributed by atoms with Gasteiger partial charge in [0.2, 0.25) is 5.91 Å². The van der Waals surface area contributed by atoms with Gasteiger partial charge in [-0.1, -0.05) is 11.6 Å². The van der Waals surface area contributed by atoms with Gasteiger partial charge in [-0.15, -0.1) is 11.3 Å². The Balaban J connectivity index is 1.69. The van der Waals surface area contributed by atoms with Crippen molar-refractivity contribution in [2.24, 2.45) is 0 Å². The minimum Gasteiger partial charge on any atom is -0.376 e. The van der Waals surface area contributed by atoms with Crippen molar-refractivity contribution in [2.45, 2.75) is 13.1 Å². The number of carbonyl (C=O) groups excluding carboxylic acids is 1. The van der Waals surface area contributed by atoms with Gasteiger partial charge in [-0.25, -0.2) is 4.98 Å². The zero-order chi connectivity index (χ0) is 18.9. The van der Waals surface area contributed by atoms with Crippen LogP contribution in [0.5, 0.6) is 0 Å². The maximum atomic E-state index is 13.0. The molecule has 2 aromatic carbocycles. The van der Waals surface area contributed by atoms with Crippen molar-refractivity contribution in [3.05, 3.63) is 52.0 Å². The summed E-state index contributed by atoms with van der Waals surface area (Å²) >= 11 is 7.14. The highest BCUT2D eigenvalue weighted by atomic mass is 35.5. The third-order valence-corrected chi connectivity index (χ3v) is 4.68. The minimum atomic E-state index is -4.62. The third-order valence-electron chi connectivity index (χ3n) is 3.51. The lowest BCUT2D eigenvalue weighted by Gasteiger charge is -2.14. The second-order valence-electron chi connectivity index (χ2n) is 5.50. The number of aromatic nitrogens is 1. The van der Waals surface area contributed by atoms with Crippen molar-refractivity contribution in [3.8, 4) is 0 Å². The van der Waals surface area contributed by atoms with E-state index in [1.54, 1.807) is 6.07 Å². The molecule has 136 valence electrons. The summed E-state index contributed by atoms with van der Waals surface area (Å²) in [4.78, 5) is 16.4. The number of benzene rings is 2. The molecule has 0 saturated carbocycles. The summed E-state index contributed by atoms with van der Waals surface area (Å²) in [6.07, 6.45) is -4.62. The predicted octanol–water partition coefficient (Wildman–Crippen LogP) is 5.33. The molecule has 0 unspecified atom stereocenters. The maximum absolute atomic E-state index is 13.0. The van der Waals surface area contributed by atoms with E-state index in [1.807, 2.05) is 19.1 Å². The van der Waals surface area contributed by atoms with Crippen LogP contribution in [0.25, 0.3) is 10.2 Å². The first-order valence-electron chi connectivity index (χ1n) is 7.50. The van der Waals surface area contributed by atoms with Crippen LogP contribution in [0.1, 0.15) is 10.6 Å². The fourth-order valence-electron chi connectivity index (χ4n) is 2.39. The molecule has 0 aliphatic rings. The molecule has 0 saturated heterocycles. The van der Waals surface area contributed by atoms with Gasteiger partial charge in [0.15, 0.2) is 0 Å². The molecule has 9 heteroatoms. The van der Waals surface area contributed by atoms with Gasteiger partial charge in [0, 0.05) is 10.7 Å². The Morgan fingerprint density at radius 3 is 2.73 bits per heavy atom. The zero-order valence-corrected chi connectivity index (χ0v) is 15.0. The van der Waals surface area contributed by atoms with Gasteiger partial charge in [-0.2, -0.15) is 13.2 Å². The molecule has 0 radical (unpaired) electrons. The Bertz CT molecular complexity index is 972. The third kappa shape index (κ3) is 4.25. The molecule has 3 rings (SSSR count). The van der Waals surface area contributed by atoms with Gasteiger partial charge >= 0.3 is 6.18 Å². The minimum absolute atomic E-state index is 0.0541. The summed E-state index contributed by atoms with van der Waals surface area (Å²) in [5.74, 6) is -0.599. The molecule has 1 aromatic heterocycles. The molecule has 26 heavy (non-hydrogen) atoms. The number of rotatable bonds is 4. The van der Waals surface area contributed by atoms with Crippen molar-refractivity contribution in [2.75, 3.05) is 17.2 Å². The second-order valence-corrected chi connectivity index (χ2v) is 7.18. The fourth-order valence-corrected chi connectivity index (χ4v) is 3.43. The quantitative estimate of drug-likeness (QED) is 0.623. The zero-order valence-electron chi connectivity index (χ0n) is 13.4. The van der Waals surface area contributed by atoms with Crippen LogP contribution in [-0.2, 0) is 11.0 Å². The summed E-state index contributed by atoms with van der Waals surface area (Å²) in [5, 5.41) is 6.04. The Labute approximate surface area is 156 Å². The Kier molecular flexibility index (Phi) is 5.06. The van der Waals surface area contributed by atoms with Crippen LogP contribution in [0.2, 0.25) is 5.02 Å². The van der Waals surface area contributed by atoms with E-state index in [4.69, 9.17) is 11.6 Å². The van der Waals surface area contributed by atoms with Crippen molar-refractivity contribution in [1.82, 2.24) is 4.98 Å². The Morgan fingerprint density at radius 2 is 2.00 bits per heavy atom. The first kappa shape index (κ1) is 18.5. The normalized spacial score (nSPS) is 11.6. The van der Waals surface area contributed by atoms with E-state index in [9.17, 15) is 18.0 Å². The van der Waals surface area contributed by atoms with Gasteiger partial charge in [0.05, 0.1) is 33.0 Å². The van der Waals surface area contributed by atoms with E-state index in [2.05, 4.69) is 15.6 Å². The molecule has 1 heterocycles. The van der Waals surface area contributed by atoms with Gasteiger partial charge in [0.25, 0.3) is 0 Å². The number of nitrogens with one attached hydrogen (secondary N) is 2. The summed E-state index contributed by atoms with van der Waals surface area (Å²) in [7, 11) is 0. The molecule has 1 amide bonds. The molecule has 3 aromatic rings. The number of alkyl halides is 3. The number of halogens is 4. The number of amides is 1. The molecule has 0 spiro atoms. The topological polar surface area (TPSA) is 54.0 Å². The largest absolute Gasteiger partial charge is 0.418 e. The first-order chi connectivity index (χ1) is 12.2. The van der Waals surface area contributed by atoms with Crippen molar-refractivity contribution in [3.63, 3.8) is 0 Å². The van der Waals surface area contributed by atoms with Gasteiger partial charge < -0.3 is 10.6 Å². The highest BCUT2D eigenvalue weighted by Gasteiger charge is 2.34. The molecular formula is C17H13ClF3N3OS. The lowest BCUT2D eigenvalue weighted by Crippen LogP contribution is -2.23. The smallest absolute Gasteiger partial charge is 0.376 e. The number of thiazole rings is 1. The maximum Gasteiger partial charge on any atom is 0.418 e. The highest BCUT2D eigenvalue weighted by molar-refractivity contribution is 7.18. The standard InChI is InChI=1S/C17H13ClF3N3OS/c1-9-23-14-5-3-11(7-15(14)26-9)22-8-16(25)24-13-4-2-10(18)6-12(13)17(19,20)21/h2-7,22H,8H2,1H3,(H,24,25). The lowest BCUT2D eigenvalue weighted by molar-refractivity contribution is -0.137. The number of nitrogens with zero attached hydrogens (tertiary/aromatic N) is 1. The van der Waals surface area contributed by atoms with Crippen LogP contribution in [0.3, 0.4) is 0 Å². The average molecular weight is 400 g/mol. The molecule has 0 aliphatic carbocycles. The van der Waals surface area contributed by atoms with Crippen molar-refractivity contribution < 1.29 is 18.0 Å². The van der Waals surface area contributed by atoms with E-state index >= 15 is 0 Å². The molecule has 0 fully saturated rings. The van der Waals surface area contributed by atoms with Gasteiger partial charge in [-0.05, 0) is 43.3 Å². The van der Waals surface area contributed by atoms with E-state index in [0.717, 1.165) is 27.4 Å². The van der Waals surface area contributed by atoms with Gasteiger partial charge in [0.1, 0.15) is 0 Å². The van der Waals surface area contributed by atoms with Crippen LogP contribution in [0, 0.1) is 6.92 Å². The Morgan fingerprint density at radius 1 is 1.23 bits per heavy atom. The number of fused-ring (bicyclic) bond motifs is 1. The second kappa shape index (κ2) is 7.13. The lowest BCUT2D eigenvalue weighted by atomic mass is 10.1. The number of carbonyl (C=O) groups is 1. The molecule has 4 nitrogen and oxygen atoms in total. The Hall–Kier alpha value is -2.32. The summed E-state index contributed by atoms with van der Waals surface area (Å²) in [6.45, 7) is 1.72. The molecule has 0 aliphatic heterocycles. The number of hydrogen-bond acceptors (Lipinski definition) is 4. The first-order valence-corrected chi connectivity index (χ1v) is 8.69. The van der Waals surface area contributed by atoms with Crippen LogP contribution in [-0.4, -0.2) is 17.4 Å². The van der Waals surface area contributed by atoms with Crippen molar-refractivity contribution in [1.29, 1.82) is 0 Å². The molecule has 2 N–H and O–H groups in total. The van der Waals surface area contributed by atoms with Crippen LogP contribution >= 0.6 is 22.9 Å². The average Bonchev–Trinajstić information content (AvgIpc) is 2.93. The monoisotopic (exact) mass is 399 g/mol. The van der Waals surface area contributed by atoms with Crippen LogP contribution < -0.4 is 10.6 Å². The molecular weight excluding hydrogens is 387 g/mol. The SMILES string of the molecule is Cc1nc2ccc(NCC(=O)Nc3ccc(Cl)cc3C(F)(F)F)cc2s1. The number of aryl methyl sites for hydroxylation is 1. The van der Waals surface area contributed by atoms with E-state index in [0.29, 0.717) is 5.69 Å². The number of hydrogen-bond donors (Lipinski definition) is 2. The summed E-state index contributed by atoms with van der Waals surface area (Å²) in [6, 6.07) is 8.63. The summed E-state index contributed by atoms with van der Waals surface area (Å²) in [5.41, 5.74) is 0.226. The van der Waals surface area contributed by atoms with E-state index in [-0.39, 0.29) is 17.3 Å². The fraction of sp³-hybridized carbons (Fsp3) is 0.176.